The predicted molar refractivity (Wildman–Crippen MR) is 106 cm³/mol. The van der Waals surface area contributed by atoms with Crippen molar-refractivity contribution < 1.29 is 13.6 Å². The number of Topliss-reactive ketones (excluding diaryl/α,β-unsaturated/α-hetero) is 1. The molecule has 0 spiro atoms. The van der Waals surface area contributed by atoms with E-state index in [1.54, 1.807) is 32.2 Å². The van der Waals surface area contributed by atoms with E-state index < -0.39 is 6.17 Å². The summed E-state index contributed by atoms with van der Waals surface area (Å²) in [6, 6.07) is 6.04. The maximum absolute atomic E-state index is 14.8. The Morgan fingerprint density at radius 3 is 2.44 bits per heavy atom. The lowest BCUT2D eigenvalue weighted by Gasteiger charge is -2.11. The van der Waals surface area contributed by atoms with Gasteiger partial charge in [-0.1, -0.05) is 26.0 Å². The number of ketones is 1. The summed E-state index contributed by atoms with van der Waals surface area (Å²) >= 11 is 2.68. The Hall–Kier alpha value is -1.99. The number of hydrogen-bond acceptors (Lipinski definition) is 5. The van der Waals surface area contributed by atoms with E-state index in [-0.39, 0.29) is 29.6 Å². The number of alkyl halides is 1. The van der Waals surface area contributed by atoms with Crippen LogP contribution in [0.5, 0.6) is 0 Å². The summed E-state index contributed by atoms with van der Waals surface area (Å²) in [5, 5.41) is 1.28. The molecule has 0 fully saturated rings. The first-order chi connectivity index (χ1) is 12.8. The number of nitrogens with zero attached hydrogens (tertiary/aromatic N) is 2. The van der Waals surface area contributed by atoms with Gasteiger partial charge in [-0.25, -0.2) is 18.7 Å². The number of thiazole rings is 2. The van der Waals surface area contributed by atoms with Crippen molar-refractivity contribution in [2.24, 2.45) is 5.92 Å². The molecular weight excluding hydrogens is 386 g/mol. The molecular formula is C20H20F2N2OS2. The van der Waals surface area contributed by atoms with Crippen LogP contribution in [0.25, 0.3) is 10.0 Å². The van der Waals surface area contributed by atoms with E-state index in [0.717, 1.165) is 10.4 Å². The van der Waals surface area contributed by atoms with Crippen LogP contribution in [0.1, 0.15) is 52.2 Å². The van der Waals surface area contributed by atoms with Crippen LogP contribution in [0.4, 0.5) is 8.78 Å². The number of aryl methyl sites for hydroxylation is 2. The van der Waals surface area contributed by atoms with E-state index in [2.05, 4.69) is 9.97 Å². The molecule has 3 nitrogen and oxygen atoms in total. The van der Waals surface area contributed by atoms with Crippen molar-refractivity contribution in [2.45, 2.75) is 39.8 Å². The molecule has 0 aliphatic heterocycles. The Morgan fingerprint density at radius 2 is 1.85 bits per heavy atom. The highest BCUT2D eigenvalue weighted by Gasteiger charge is 2.27. The summed E-state index contributed by atoms with van der Waals surface area (Å²) < 4.78 is 27.8. The average Bonchev–Trinajstić information content (AvgIpc) is 3.26. The molecule has 142 valence electrons. The number of benzene rings is 1. The SMILES string of the molecule is Cc1cnc(-c2nc(C(=O)CCc3ccc(F)cc3)c(C(F)C(C)C)s2)s1. The van der Waals surface area contributed by atoms with Crippen molar-refractivity contribution in [3.63, 3.8) is 0 Å². The fraction of sp³-hybridized carbons (Fsp3) is 0.350. The molecule has 0 amide bonds. The van der Waals surface area contributed by atoms with Crippen molar-refractivity contribution in [1.82, 2.24) is 9.97 Å². The summed E-state index contributed by atoms with van der Waals surface area (Å²) in [5.41, 5.74) is 1.06. The molecule has 0 radical (unpaired) electrons. The van der Waals surface area contributed by atoms with E-state index in [0.29, 0.717) is 21.3 Å². The highest BCUT2D eigenvalue weighted by Crippen LogP contribution is 2.38. The fourth-order valence-electron chi connectivity index (χ4n) is 2.59. The Kier molecular flexibility index (Phi) is 6.11. The zero-order chi connectivity index (χ0) is 19.6. The van der Waals surface area contributed by atoms with Gasteiger partial charge in [0.1, 0.15) is 17.7 Å². The summed E-state index contributed by atoms with van der Waals surface area (Å²) in [4.78, 5) is 22.9. The molecule has 1 atom stereocenters. The van der Waals surface area contributed by atoms with E-state index in [1.807, 2.05) is 6.92 Å². The first-order valence-electron chi connectivity index (χ1n) is 8.70. The molecule has 2 heterocycles. The standard InChI is InChI=1S/C20H20F2N2OS2/c1-11(2)16(22)18-17(24-20(27-18)19-23-10-12(3)26-19)15(25)9-6-13-4-7-14(21)8-5-13/h4-5,7-8,10-11,16H,6,9H2,1-3H3. The molecule has 7 heteroatoms. The Labute approximate surface area is 165 Å². The Balaban J connectivity index is 1.86. The highest BCUT2D eigenvalue weighted by molar-refractivity contribution is 7.21. The largest absolute Gasteiger partial charge is 0.292 e. The summed E-state index contributed by atoms with van der Waals surface area (Å²) in [7, 11) is 0. The molecule has 27 heavy (non-hydrogen) atoms. The van der Waals surface area contributed by atoms with Gasteiger partial charge in [0, 0.05) is 17.5 Å². The fourth-order valence-corrected chi connectivity index (χ4v) is 4.62. The number of carbonyl (C=O) groups is 1. The van der Waals surface area contributed by atoms with Gasteiger partial charge in [-0.15, -0.1) is 22.7 Å². The Morgan fingerprint density at radius 1 is 1.15 bits per heavy atom. The topological polar surface area (TPSA) is 42.9 Å². The van der Waals surface area contributed by atoms with Gasteiger partial charge in [0.05, 0.1) is 4.88 Å². The van der Waals surface area contributed by atoms with Crippen molar-refractivity contribution >= 4 is 28.5 Å². The number of carbonyl (C=O) groups excluding carboxylic acids is 1. The average molecular weight is 407 g/mol. The molecule has 2 aromatic heterocycles. The number of halogens is 2. The molecule has 1 aromatic carbocycles. The van der Waals surface area contributed by atoms with E-state index in [1.165, 1.54) is 34.8 Å². The quantitative estimate of drug-likeness (QED) is 0.439. The molecule has 3 aromatic rings. The molecule has 0 saturated heterocycles. The lowest BCUT2D eigenvalue weighted by atomic mass is 10.0. The van der Waals surface area contributed by atoms with Crippen molar-refractivity contribution in [3.05, 3.63) is 57.3 Å². The van der Waals surface area contributed by atoms with Gasteiger partial charge < -0.3 is 0 Å². The summed E-state index contributed by atoms with van der Waals surface area (Å²) in [6.45, 7) is 5.51. The number of hydrogen-bond donors (Lipinski definition) is 0. The summed E-state index contributed by atoms with van der Waals surface area (Å²) in [6.07, 6.45) is 1.15. The highest BCUT2D eigenvalue weighted by atomic mass is 32.1. The third kappa shape index (κ3) is 4.65. The molecule has 0 bridgehead atoms. The first kappa shape index (κ1) is 19.8. The smallest absolute Gasteiger partial charge is 0.182 e. The van der Waals surface area contributed by atoms with Gasteiger partial charge in [0.25, 0.3) is 0 Å². The molecule has 1 unspecified atom stereocenters. The normalized spacial score (nSPS) is 12.5. The van der Waals surface area contributed by atoms with E-state index in [4.69, 9.17) is 0 Å². The zero-order valence-electron chi connectivity index (χ0n) is 15.3. The van der Waals surface area contributed by atoms with Crippen molar-refractivity contribution in [2.75, 3.05) is 0 Å². The second kappa shape index (κ2) is 8.35. The minimum Gasteiger partial charge on any atom is -0.292 e. The molecule has 3 rings (SSSR count). The van der Waals surface area contributed by atoms with Crippen LogP contribution in [0.2, 0.25) is 0 Å². The van der Waals surface area contributed by atoms with Crippen molar-refractivity contribution in [1.29, 1.82) is 0 Å². The van der Waals surface area contributed by atoms with Crippen LogP contribution in [0.3, 0.4) is 0 Å². The van der Waals surface area contributed by atoms with Crippen LogP contribution in [0.15, 0.2) is 30.5 Å². The van der Waals surface area contributed by atoms with Gasteiger partial charge in [-0.3, -0.25) is 4.79 Å². The van der Waals surface area contributed by atoms with Crippen LogP contribution >= 0.6 is 22.7 Å². The van der Waals surface area contributed by atoms with Gasteiger partial charge in [-0.2, -0.15) is 0 Å². The van der Waals surface area contributed by atoms with Crippen LogP contribution in [-0.4, -0.2) is 15.8 Å². The second-order valence-electron chi connectivity index (χ2n) is 6.70. The van der Waals surface area contributed by atoms with Gasteiger partial charge in [0.15, 0.2) is 15.8 Å². The van der Waals surface area contributed by atoms with Crippen LogP contribution in [-0.2, 0) is 6.42 Å². The monoisotopic (exact) mass is 406 g/mol. The number of aromatic nitrogens is 2. The van der Waals surface area contributed by atoms with E-state index >= 15 is 0 Å². The van der Waals surface area contributed by atoms with Crippen LogP contribution < -0.4 is 0 Å². The van der Waals surface area contributed by atoms with Gasteiger partial charge >= 0.3 is 0 Å². The first-order valence-corrected chi connectivity index (χ1v) is 10.3. The molecule has 0 N–H and O–H groups in total. The predicted octanol–water partition coefficient (Wildman–Crippen LogP) is 6.20. The third-order valence-electron chi connectivity index (χ3n) is 4.11. The summed E-state index contributed by atoms with van der Waals surface area (Å²) in [5.74, 6) is -0.763. The zero-order valence-corrected chi connectivity index (χ0v) is 17.0. The minimum atomic E-state index is -1.25. The van der Waals surface area contributed by atoms with E-state index in [9.17, 15) is 13.6 Å². The molecule has 0 aliphatic carbocycles. The number of rotatable bonds is 7. The molecule has 0 saturated carbocycles. The maximum Gasteiger partial charge on any atom is 0.182 e. The Bertz CT molecular complexity index is 932. The van der Waals surface area contributed by atoms with Crippen molar-refractivity contribution in [3.8, 4) is 10.0 Å². The lowest BCUT2D eigenvalue weighted by Crippen LogP contribution is -2.08. The maximum atomic E-state index is 14.8. The molecule has 0 aliphatic rings. The minimum absolute atomic E-state index is 0.198. The third-order valence-corrected chi connectivity index (χ3v) is 6.28. The van der Waals surface area contributed by atoms with Gasteiger partial charge in [-0.05, 0) is 37.0 Å². The van der Waals surface area contributed by atoms with Gasteiger partial charge in [0.2, 0.25) is 0 Å². The van der Waals surface area contributed by atoms with Crippen LogP contribution in [0, 0.1) is 18.7 Å². The second-order valence-corrected chi connectivity index (χ2v) is 8.97. The lowest BCUT2D eigenvalue weighted by molar-refractivity contribution is 0.0975.